The molecule has 0 heterocycles. The fourth-order valence-electron chi connectivity index (χ4n) is 1.51. The van der Waals surface area contributed by atoms with Crippen molar-refractivity contribution in [1.82, 2.24) is 5.43 Å². The smallest absolute Gasteiger partial charge is 0.318 e. The lowest BCUT2D eigenvalue weighted by Crippen LogP contribution is -2.32. The van der Waals surface area contributed by atoms with Crippen molar-refractivity contribution in [3.05, 3.63) is 65.7 Å². The summed E-state index contributed by atoms with van der Waals surface area (Å²) in [5.41, 5.74) is 2.40. The van der Waals surface area contributed by atoms with Crippen molar-refractivity contribution in [1.29, 1.82) is 0 Å². The number of halogens is 2. The SMILES string of the molecule is O=C(N/N=C\c1ccccc1F)C(=O)Nc1ccc(F)cc1. The lowest BCUT2D eigenvalue weighted by Gasteiger charge is -2.03. The minimum atomic E-state index is -1.03. The van der Waals surface area contributed by atoms with Gasteiger partial charge in [-0.1, -0.05) is 18.2 Å². The highest BCUT2D eigenvalue weighted by molar-refractivity contribution is 6.39. The zero-order valence-electron chi connectivity index (χ0n) is 11.2. The average Bonchev–Trinajstić information content (AvgIpc) is 2.51. The lowest BCUT2D eigenvalue weighted by molar-refractivity contribution is -0.136. The number of hydrazone groups is 1. The van der Waals surface area contributed by atoms with E-state index in [1.807, 2.05) is 5.43 Å². The summed E-state index contributed by atoms with van der Waals surface area (Å²) in [6.45, 7) is 0. The molecule has 0 saturated carbocycles. The Kier molecular flexibility index (Phi) is 4.92. The van der Waals surface area contributed by atoms with E-state index in [1.54, 1.807) is 6.07 Å². The Bertz CT molecular complexity index is 715. The van der Waals surface area contributed by atoms with Crippen LogP contribution in [-0.4, -0.2) is 18.0 Å². The number of benzene rings is 2. The van der Waals surface area contributed by atoms with Crippen LogP contribution < -0.4 is 10.7 Å². The number of nitrogens with zero attached hydrogens (tertiary/aromatic N) is 1. The van der Waals surface area contributed by atoms with Gasteiger partial charge in [0.1, 0.15) is 11.6 Å². The molecular weight excluding hydrogens is 292 g/mol. The second kappa shape index (κ2) is 7.07. The van der Waals surface area contributed by atoms with E-state index in [9.17, 15) is 18.4 Å². The largest absolute Gasteiger partial charge is 0.329 e. The summed E-state index contributed by atoms with van der Waals surface area (Å²) in [5, 5.41) is 5.76. The van der Waals surface area contributed by atoms with Crippen LogP contribution in [0.2, 0.25) is 0 Å². The van der Waals surface area contributed by atoms with Crippen LogP contribution in [0, 0.1) is 11.6 Å². The minimum absolute atomic E-state index is 0.168. The Morgan fingerprint density at radius 2 is 1.64 bits per heavy atom. The monoisotopic (exact) mass is 303 g/mol. The Labute approximate surface area is 124 Å². The van der Waals surface area contributed by atoms with Crippen LogP contribution >= 0.6 is 0 Å². The number of carbonyl (C=O) groups is 2. The topological polar surface area (TPSA) is 70.6 Å². The molecule has 0 spiro atoms. The van der Waals surface area contributed by atoms with Crippen LogP contribution in [0.3, 0.4) is 0 Å². The van der Waals surface area contributed by atoms with Crippen molar-refractivity contribution in [2.75, 3.05) is 5.32 Å². The third kappa shape index (κ3) is 4.20. The highest BCUT2D eigenvalue weighted by atomic mass is 19.1. The Balaban J connectivity index is 1.90. The van der Waals surface area contributed by atoms with Crippen molar-refractivity contribution >= 4 is 23.7 Å². The van der Waals surface area contributed by atoms with E-state index >= 15 is 0 Å². The summed E-state index contributed by atoms with van der Waals surface area (Å²) < 4.78 is 26.0. The van der Waals surface area contributed by atoms with Gasteiger partial charge in [-0.15, -0.1) is 0 Å². The molecule has 7 heteroatoms. The molecule has 0 fully saturated rings. The molecule has 0 aliphatic heterocycles. The fraction of sp³-hybridized carbons (Fsp3) is 0. The molecule has 112 valence electrons. The van der Waals surface area contributed by atoms with E-state index in [0.29, 0.717) is 0 Å². The van der Waals surface area contributed by atoms with Gasteiger partial charge >= 0.3 is 11.8 Å². The first-order valence-corrected chi connectivity index (χ1v) is 6.21. The van der Waals surface area contributed by atoms with Crippen molar-refractivity contribution in [3.63, 3.8) is 0 Å². The van der Waals surface area contributed by atoms with Crippen LogP contribution in [0.4, 0.5) is 14.5 Å². The summed E-state index contributed by atoms with van der Waals surface area (Å²) in [7, 11) is 0. The van der Waals surface area contributed by atoms with Gasteiger partial charge in [0.25, 0.3) is 0 Å². The second-order valence-corrected chi connectivity index (χ2v) is 4.18. The summed E-state index contributed by atoms with van der Waals surface area (Å²) in [6.07, 6.45) is 1.08. The van der Waals surface area contributed by atoms with Gasteiger partial charge in [-0.25, -0.2) is 14.2 Å². The van der Waals surface area contributed by atoms with Crippen LogP contribution in [0.25, 0.3) is 0 Å². The maximum atomic E-state index is 13.3. The number of carbonyl (C=O) groups excluding carboxylic acids is 2. The van der Waals surface area contributed by atoms with Gasteiger partial charge in [-0.05, 0) is 30.3 Å². The third-order valence-corrected chi connectivity index (χ3v) is 2.58. The molecule has 0 unspecified atom stereocenters. The van der Waals surface area contributed by atoms with Gasteiger partial charge in [0, 0.05) is 11.3 Å². The first-order chi connectivity index (χ1) is 10.6. The number of rotatable bonds is 3. The van der Waals surface area contributed by atoms with Gasteiger partial charge in [0.2, 0.25) is 0 Å². The molecular formula is C15H11F2N3O2. The summed E-state index contributed by atoms with van der Waals surface area (Å²) >= 11 is 0. The molecule has 22 heavy (non-hydrogen) atoms. The Hall–Kier alpha value is -3.09. The predicted octanol–water partition coefficient (Wildman–Crippen LogP) is 2.05. The van der Waals surface area contributed by atoms with E-state index in [2.05, 4.69) is 10.4 Å². The van der Waals surface area contributed by atoms with Gasteiger partial charge in [0.05, 0.1) is 6.21 Å². The number of nitrogens with one attached hydrogen (secondary N) is 2. The van der Waals surface area contributed by atoms with E-state index in [0.717, 1.165) is 18.3 Å². The molecule has 0 aromatic heterocycles. The molecule has 2 rings (SSSR count). The summed E-state index contributed by atoms with van der Waals surface area (Å²) in [4.78, 5) is 23.0. The molecule has 2 N–H and O–H groups in total. The highest BCUT2D eigenvalue weighted by Gasteiger charge is 2.12. The van der Waals surface area contributed by atoms with Crippen LogP contribution in [-0.2, 0) is 9.59 Å². The fourth-order valence-corrected chi connectivity index (χ4v) is 1.51. The maximum absolute atomic E-state index is 13.3. The zero-order valence-corrected chi connectivity index (χ0v) is 11.2. The normalized spacial score (nSPS) is 10.5. The van der Waals surface area contributed by atoms with Gasteiger partial charge < -0.3 is 5.32 Å². The molecule has 0 atom stereocenters. The predicted molar refractivity (Wildman–Crippen MR) is 77.2 cm³/mol. The van der Waals surface area contributed by atoms with Gasteiger partial charge in [0.15, 0.2) is 0 Å². The highest BCUT2D eigenvalue weighted by Crippen LogP contribution is 2.07. The van der Waals surface area contributed by atoms with Crippen molar-refractivity contribution < 1.29 is 18.4 Å². The molecule has 5 nitrogen and oxygen atoms in total. The van der Waals surface area contributed by atoms with Crippen molar-refractivity contribution in [3.8, 4) is 0 Å². The lowest BCUT2D eigenvalue weighted by atomic mass is 10.2. The number of amides is 2. The van der Waals surface area contributed by atoms with Crippen LogP contribution in [0.15, 0.2) is 53.6 Å². The molecule has 0 radical (unpaired) electrons. The second-order valence-electron chi connectivity index (χ2n) is 4.18. The first kappa shape index (κ1) is 15.3. The molecule has 0 aliphatic rings. The van der Waals surface area contributed by atoms with E-state index in [4.69, 9.17) is 0 Å². The quantitative estimate of drug-likeness (QED) is 0.517. The number of anilines is 1. The first-order valence-electron chi connectivity index (χ1n) is 6.21. The number of hydrogen-bond donors (Lipinski definition) is 2. The van der Waals surface area contributed by atoms with Crippen LogP contribution in [0.5, 0.6) is 0 Å². The Morgan fingerprint density at radius 1 is 0.955 bits per heavy atom. The van der Waals surface area contributed by atoms with Crippen molar-refractivity contribution in [2.45, 2.75) is 0 Å². The molecule has 0 saturated heterocycles. The average molecular weight is 303 g/mol. The molecule has 0 bridgehead atoms. The third-order valence-electron chi connectivity index (χ3n) is 2.58. The van der Waals surface area contributed by atoms with E-state index < -0.39 is 23.4 Å². The molecule has 2 amide bonds. The minimum Gasteiger partial charge on any atom is -0.318 e. The van der Waals surface area contributed by atoms with Gasteiger partial charge in [-0.2, -0.15) is 5.10 Å². The Morgan fingerprint density at radius 3 is 2.32 bits per heavy atom. The standard InChI is InChI=1S/C15H11F2N3O2/c16-11-5-7-12(8-6-11)19-14(21)15(22)20-18-9-10-3-1-2-4-13(10)17/h1-9H,(H,19,21)(H,20,22)/b18-9-. The maximum Gasteiger partial charge on any atom is 0.329 e. The molecule has 2 aromatic rings. The summed E-state index contributed by atoms with van der Waals surface area (Å²) in [5.74, 6) is -2.97. The summed E-state index contributed by atoms with van der Waals surface area (Å²) in [6, 6.07) is 10.7. The number of hydrogen-bond acceptors (Lipinski definition) is 3. The van der Waals surface area contributed by atoms with E-state index in [-0.39, 0.29) is 11.3 Å². The zero-order chi connectivity index (χ0) is 15.9. The van der Waals surface area contributed by atoms with Crippen molar-refractivity contribution in [2.24, 2.45) is 5.10 Å². The van der Waals surface area contributed by atoms with Crippen LogP contribution in [0.1, 0.15) is 5.56 Å². The molecule has 0 aliphatic carbocycles. The van der Waals surface area contributed by atoms with Gasteiger partial charge in [-0.3, -0.25) is 9.59 Å². The molecule has 2 aromatic carbocycles. The van der Waals surface area contributed by atoms with E-state index in [1.165, 1.54) is 30.3 Å².